The van der Waals surface area contributed by atoms with Crippen LogP contribution in [0.1, 0.15) is 12.5 Å². The van der Waals surface area contributed by atoms with Gasteiger partial charge >= 0.3 is 0 Å². The molecular weight excluding hydrogens is 352 g/mol. The molecule has 0 aliphatic heterocycles. The van der Waals surface area contributed by atoms with Gasteiger partial charge in [0.15, 0.2) is 0 Å². The second-order valence-electron chi connectivity index (χ2n) is 5.33. The average molecular weight is 366 g/mol. The third-order valence-corrected chi connectivity index (χ3v) is 4.50. The van der Waals surface area contributed by atoms with Crippen LogP contribution < -0.4 is 5.32 Å². The van der Waals surface area contributed by atoms with E-state index in [1.54, 1.807) is 43.3 Å². The molecule has 0 aliphatic rings. The zero-order valence-electron chi connectivity index (χ0n) is 13.7. The lowest BCUT2D eigenvalue weighted by Crippen LogP contribution is -2.22. The minimum absolute atomic E-state index is 0.145. The molecule has 3 aromatic rings. The van der Waals surface area contributed by atoms with E-state index in [-0.39, 0.29) is 11.7 Å². The van der Waals surface area contributed by atoms with Gasteiger partial charge in [-0.15, -0.1) is 5.10 Å². The van der Waals surface area contributed by atoms with Crippen molar-refractivity contribution in [3.63, 3.8) is 0 Å². The smallest absolute Gasteiger partial charge is 0.237 e. The highest BCUT2D eigenvalue weighted by Crippen LogP contribution is 2.24. The number of phenolic OH excluding ortho intramolecular Hbond substituents is 1. The number of aromatic hydroxyl groups is 1. The molecule has 1 amide bonds. The molecule has 2 aromatic carbocycles. The quantitative estimate of drug-likeness (QED) is 0.666. The van der Waals surface area contributed by atoms with E-state index in [0.717, 1.165) is 0 Å². The molecule has 9 heteroatoms. The van der Waals surface area contributed by atoms with Gasteiger partial charge in [-0.3, -0.25) is 4.79 Å². The zero-order chi connectivity index (χ0) is 18.5. The highest BCUT2D eigenvalue weighted by molar-refractivity contribution is 8.00. The number of rotatable bonds is 5. The second kappa shape index (κ2) is 7.67. The Bertz CT molecular complexity index is 947. The third-order valence-electron chi connectivity index (χ3n) is 3.47. The van der Waals surface area contributed by atoms with E-state index in [4.69, 9.17) is 5.26 Å². The average Bonchev–Trinajstić information content (AvgIpc) is 3.11. The lowest BCUT2D eigenvalue weighted by Gasteiger charge is -2.11. The molecule has 2 N–H and O–H groups in total. The molecular formula is C17H14N6O2S. The number of thioether (sulfide) groups is 1. The largest absolute Gasteiger partial charge is 0.508 e. The van der Waals surface area contributed by atoms with Crippen LogP contribution in [0.5, 0.6) is 5.75 Å². The molecule has 0 fully saturated rings. The van der Waals surface area contributed by atoms with Crippen molar-refractivity contribution < 1.29 is 9.90 Å². The van der Waals surface area contributed by atoms with Crippen LogP contribution in [0.3, 0.4) is 0 Å². The number of nitrogens with zero attached hydrogens (tertiary/aromatic N) is 5. The molecule has 1 aromatic heterocycles. The Kier molecular flexibility index (Phi) is 5.15. The summed E-state index contributed by atoms with van der Waals surface area (Å²) in [6.07, 6.45) is 0. The van der Waals surface area contributed by atoms with Crippen molar-refractivity contribution in [2.75, 3.05) is 5.32 Å². The number of anilines is 1. The van der Waals surface area contributed by atoms with Gasteiger partial charge in [0.1, 0.15) is 5.75 Å². The van der Waals surface area contributed by atoms with Crippen LogP contribution in [0.25, 0.3) is 5.69 Å². The fourth-order valence-corrected chi connectivity index (χ4v) is 2.90. The Labute approximate surface area is 153 Å². The van der Waals surface area contributed by atoms with Crippen molar-refractivity contribution in [2.45, 2.75) is 17.3 Å². The first-order chi connectivity index (χ1) is 12.6. The number of benzene rings is 2. The van der Waals surface area contributed by atoms with E-state index >= 15 is 0 Å². The van der Waals surface area contributed by atoms with Gasteiger partial charge in [-0.05, 0) is 65.9 Å². The molecule has 26 heavy (non-hydrogen) atoms. The number of hydrogen-bond donors (Lipinski definition) is 2. The Morgan fingerprint density at radius 2 is 1.92 bits per heavy atom. The maximum atomic E-state index is 12.4. The zero-order valence-corrected chi connectivity index (χ0v) is 14.5. The molecule has 130 valence electrons. The summed E-state index contributed by atoms with van der Waals surface area (Å²) in [6.45, 7) is 1.75. The maximum absolute atomic E-state index is 12.4. The summed E-state index contributed by atoms with van der Waals surface area (Å²) >= 11 is 1.21. The van der Waals surface area contributed by atoms with Crippen molar-refractivity contribution in [3.05, 3.63) is 54.1 Å². The van der Waals surface area contributed by atoms with Gasteiger partial charge < -0.3 is 10.4 Å². The Balaban J connectivity index is 1.69. The molecule has 1 atom stereocenters. The number of nitrogens with one attached hydrogen (secondary N) is 1. The molecule has 0 saturated carbocycles. The number of tetrazole rings is 1. The fraction of sp³-hybridized carbons (Fsp3) is 0.118. The Morgan fingerprint density at radius 1 is 1.23 bits per heavy atom. The molecule has 0 spiro atoms. The summed E-state index contributed by atoms with van der Waals surface area (Å²) in [7, 11) is 0. The van der Waals surface area contributed by atoms with E-state index in [9.17, 15) is 9.90 Å². The van der Waals surface area contributed by atoms with Crippen molar-refractivity contribution in [1.82, 2.24) is 20.2 Å². The summed E-state index contributed by atoms with van der Waals surface area (Å²) in [5.41, 5.74) is 1.81. The highest BCUT2D eigenvalue weighted by Gasteiger charge is 2.19. The predicted molar refractivity (Wildman–Crippen MR) is 95.9 cm³/mol. The lowest BCUT2D eigenvalue weighted by molar-refractivity contribution is -0.115. The molecule has 0 unspecified atom stereocenters. The number of aromatic nitrogens is 4. The topological polar surface area (TPSA) is 117 Å². The van der Waals surface area contributed by atoms with Gasteiger partial charge in [-0.25, -0.2) is 0 Å². The third kappa shape index (κ3) is 3.99. The van der Waals surface area contributed by atoms with Crippen LogP contribution in [0.15, 0.2) is 53.7 Å². The molecule has 0 radical (unpaired) electrons. The highest BCUT2D eigenvalue weighted by atomic mass is 32.2. The standard InChI is InChI=1S/C17H14N6O2S/c1-11(16(25)19-13-4-2-12(10-18)3-5-13)26-17-20-21-22-23(17)14-6-8-15(24)9-7-14/h2-9,11,24H,1H3,(H,19,25)/t11-/m1/s1. The molecule has 0 aliphatic carbocycles. The molecule has 8 nitrogen and oxygen atoms in total. The number of carbonyl (C=O) groups excluding carboxylic acids is 1. The molecule has 0 saturated heterocycles. The number of hydrogen-bond acceptors (Lipinski definition) is 7. The van der Waals surface area contributed by atoms with Crippen LogP contribution in [0.2, 0.25) is 0 Å². The van der Waals surface area contributed by atoms with Gasteiger partial charge in [0.05, 0.1) is 22.6 Å². The number of nitriles is 1. The van der Waals surface area contributed by atoms with Gasteiger partial charge in [0.2, 0.25) is 11.1 Å². The van der Waals surface area contributed by atoms with E-state index in [1.165, 1.54) is 28.6 Å². The summed E-state index contributed by atoms with van der Waals surface area (Å²) in [5.74, 6) is -0.0637. The minimum Gasteiger partial charge on any atom is -0.508 e. The van der Waals surface area contributed by atoms with Crippen molar-refractivity contribution in [1.29, 1.82) is 5.26 Å². The van der Waals surface area contributed by atoms with Crippen LogP contribution in [0, 0.1) is 11.3 Å². The van der Waals surface area contributed by atoms with E-state index in [2.05, 4.69) is 20.8 Å². The first-order valence-corrected chi connectivity index (χ1v) is 8.50. The number of phenols is 1. The monoisotopic (exact) mass is 366 g/mol. The van der Waals surface area contributed by atoms with E-state index in [0.29, 0.717) is 22.1 Å². The number of carbonyl (C=O) groups is 1. The molecule has 0 bridgehead atoms. The summed E-state index contributed by atoms with van der Waals surface area (Å²) < 4.78 is 1.50. The van der Waals surface area contributed by atoms with Crippen LogP contribution in [-0.4, -0.2) is 36.5 Å². The predicted octanol–water partition coefficient (Wildman–Crippen LogP) is 2.36. The lowest BCUT2D eigenvalue weighted by atomic mass is 10.2. The van der Waals surface area contributed by atoms with Crippen molar-refractivity contribution in [3.8, 4) is 17.5 Å². The van der Waals surface area contributed by atoms with E-state index in [1.807, 2.05) is 6.07 Å². The summed E-state index contributed by atoms with van der Waals surface area (Å²) in [5, 5.41) is 32.5. The van der Waals surface area contributed by atoms with E-state index < -0.39 is 5.25 Å². The van der Waals surface area contributed by atoms with Gasteiger partial charge in [-0.1, -0.05) is 11.8 Å². The van der Waals surface area contributed by atoms with Crippen LogP contribution in [-0.2, 0) is 4.79 Å². The van der Waals surface area contributed by atoms with Crippen LogP contribution >= 0.6 is 11.8 Å². The van der Waals surface area contributed by atoms with Gasteiger partial charge in [0, 0.05) is 5.69 Å². The molecule has 1 heterocycles. The number of amides is 1. The minimum atomic E-state index is -0.451. The summed E-state index contributed by atoms with van der Waals surface area (Å²) in [4.78, 5) is 12.4. The van der Waals surface area contributed by atoms with Crippen molar-refractivity contribution >= 4 is 23.4 Å². The van der Waals surface area contributed by atoms with Gasteiger partial charge in [0.25, 0.3) is 0 Å². The molecule has 3 rings (SSSR count). The maximum Gasteiger partial charge on any atom is 0.237 e. The Hall–Kier alpha value is -3.38. The Morgan fingerprint density at radius 3 is 2.58 bits per heavy atom. The van der Waals surface area contributed by atoms with Gasteiger partial charge in [-0.2, -0.15) is 9.94 Å². The fourth-order valence-electron chi connectivity index (χ4n) is 2.09. The van der Waals surface area contributed by atoms with Crippen molar-refractivity contribution in [2.24, 2.45) is 0 Å². The first kappa shape index (κ1) is 17.4. The SMILES string of the molecule is C[C@@H](Sc1nnnn1-c1ccc(O)cc1)C(=O)Nc1ccc(C#N)cc1. The van der Waals surface area contributed by atoms with Crippen LogP contribution in [0.4, 0.5) is 5.69 Å². The summed E-state index contributed by atoms with van der Waals surface area (Å²) in [6, 6.07) is 15.1. The second-order valence-corrected chi connectivity index (χ2v) is 6.64. The normalized spacial score (nSPS) is 11.5. The first-order valence-electron chi connectivity index (χ1n) is 7.62.